The van der Waals surface area contributed by atoms with Crippen LogP contribution in [0.15, 0.2) is 65.4 Å². The van der Waals surface area contributed by atoms with Crippen molar-refractivity contribution in [3.63, 3.8) is 0 Å². The standard InChI is InChI=1S/C22H19NO4/c1-2-15-7-8-20-17(13-15)18(14-27-20)22(24)26-12-11-25-21-9-10-23-19-6-4-3-5-16(19)21/h3-10,13-14H,2,11-12H2,1H3. The minimum atomic E-state index is -0.412. The van der Waals surface area contributed by atoms with E-state index in [1.807, 2.05) is 42.5 Å². The number of furan rings is 1. The van der Waals surface area contributed by atoms with Crippen molar-refractivity contribution in [2.24, 2.45) is 0 Å². The highest BCUT2D eigenvalue weighted by Crippen LogP contribution is 2.24. The van der Waals surface area contributed by atoms with Crippen LogP contribution in [0.25, 0.3) is 21.9 Å². The van der Waals surface area contributed by atoms with Gasteiger partial charge >= 0.3 is 5.97 Å². The van der Waals surface area contributed by atoms with Gasteiger partial charge in [0.25, 0.3) is 0 Å². The van der Waals surface area contributed by atoms with E-state index in [0.29, 0.717) is 11.1 Å². The van der Waals surface area contributed by atoms with Crippen LogP contribution in [0.1, 0.15) is 22.8 Å². The van der Waals surface area contributed by atoms with Gasteiger partial charge < -0.3 is 13.9 Å². The summed E-state index contributed by atoms with van der Waals surface area (Å²) in [5.41, 5.74) is 3.13. The molecule has 0 radical (unpaired) electrons. The number of para-hydroxylation sites is 1. The maximum Gasteiger partial charge on any atom is 0.342 e. The number of nitrogens with zero attached hydrogens (tertiary/aromatic N) is 1. The third-order valence-corrected chi connectivity index (χ3v) is 4.45. The van der Waals surface area contributed by atoms with E-state index in [9.17, 15) is 4.79 Å². The van der Waals surface area contributed by atoms with Gasteiger partial charge in [-0.15, -0.1) is 0 Å². The zero-order valence-electron chi connectivity index (χ0n) is 15.0. The number of aryl methyl sites for hydroxylation is 1. The Morgan fingerprint density at radius 3 is 2.85 bits per heavy atom. The number of hydrogen-bond donors (Lipinski definition) is 0. The summed E-state index contributed by atoms with van der Waals surface area (Å²) in [6, 6.07) is 15.4. The number of esters is 1. The molecule has 0 N–H and O–H groups in total. The quantitative estimate of drug-likeness (QED) is 0.365. The van der Waals surface area contributed by atoms with Crippen LogP contribution in [0.3, 0.4) is 0 Å². The predicted molar refractivity (Wildman–Crippen MR) is 103 cm³/mol. The molecule has 2 aromatic heterocycles. The van der Waals surface area contributed by atoms with E-state index < -0.39 is 5.97 Å². The van der Waals surface area contributed by atoms with E-state index in [2.05, 4.69) is 11.9 Å². The Kier molecular flexibility index (Phi) is 4.75. The smallest absolute Gasteiger partial charge is 0.342 e. The topological polar surface area (TPSA) is 61.6 Å². The van der Waals surface area contributed by atoms with Crippen molar-refractivity contribution in [3.8, 4) is 5.75 Å². The van der Waals surface area contributed by atoms with Gasteiger partial charge in [-0.3, -0.25) is 4.98 Å². The maximum absolute atomic E-state index is 12.4. The van der Waals surface area contributed by atoms with E-state index in [4.69, 9.17) is 13.9 Å². The zero-order chi connectivity index (χ0) is 18.6. The number of benzene rings is 2. The fraction of sp³-hybridized carbons (Fsp3) is 0.182. The molecule has 4 aromatic rings. The number of rotatable bonds is 6. The summed E-state index contributed by atoms with van der Waals surface area (Å²) in [4.78, 5) is 16.7. The van der Waals surface area contributed by atoms with E-state index in [-0.39, 0.29) is 13.2 Å². The Hall–Kier alpha value is -3.34. The van der Waals surface area contributed by atoms with Crippen molar-refractivity contribution in [2.45, 2.75) is 13.3 Å². The molecular weight excluding hydrogens is 342 g/mol. The number of carbonyl (C=O) groups excluding carboxylic acids is 1. The molecule has 0 spiro atoms. The van der Waals surface area contributed by atoms with Crippen LogP contribution in [-0.2, 0) is 11.2 Å². The highest BCUT2D eigenvalue weighted by molar-refractivity contribution is 6.03. The first kappa shape index (κ1) is 17.1. The lowest BCUT2D eigenvalue weighted by atomic mass is 10.1. The SMILES string of the molecule is CCc1ccc2occ(C(=O)OCCOc3ccnc4ccccc34)c2c1. The molecule has 0 saturated carbocycles. The second-order valence-electron chi connectivity index (χ2n) is 6.14. The molecule has 0 atom stereocenters. The molecule has 2 heterocycles. The van der Waals surface area contributed by atoms with Gasteiger partial charge in [-0.25, -0.2) is 4.79 Å². The second kappa shape index (κ2) is 7.50. The lowest BCUT2D eigenvalue weighted by Crippen LogP contribution is -2.12. The van der Waals surface area contributed by atoms with E-state index >= 15 is 0 Å². The number of ether oxygens (including phenoxy) is 2. The number of carbonyl (C=O) groups is 1. The summed E-state index contributed by atoms with van der Waals surface area (Å²) in [5, 5.41) is 1.71. The molecule has 0 aliphatic heterocycles. The number of fused-ring (bicyclic) bond motifs is 2. The monoisotopic (exact) mass is 361 g/mol. The van der Waals surface area contributed by atoms with Crippen molar-refractivity contribution in [2.75, 3.05) is 13.2 Å². The van der Waals surface area contributed by atoms with Gasteiger partial charge in [0, 0.05) is 17.0 Å². The molecule has 0 aliphatic rings. The summed E-state index contributed by atoms with van der Waals surface area (Å²) in [7, 11) is 0. The van der Waals surface area contributed by atoms with Gasteiger partial charge in [-0.2, -0.15) is 0 Å². The first-order valence-electron chi connectivity index (χ1n) is 8.90. The summed E-state index contributed by atoms with van der Waals surface area (Å²) in [6.07, 6.45) is 4.04. The van der Waals surface area contributed by atoms with Gasteiger partial charge in [0.2, 0.25) is 0 Å². The molecular formula is C22H19NO4. The Balaban J connectivity index is 1.40. The first-order valence-corrected chi connectivity index (χ1v) is 8.90. The third kappa shape index (κ3) is 3.49. The molecule has 0 fully saturated rings. The summed E-state index contributed by atoms with van der Waals surface area (Å²) < 4.78 is 16.6. The van der Waals surface area contributed by atoms with Gasteiger partial charge in [-0.05, 0) is 42.3 Å². The number of aromatic nitrogens is 1. The summed E-state index contributed by atoms with van der Waals surface area (Å²) in [5.74, 6) is 0.309. The van der Waals surface area contributed by atoms with Crippen molar-refractivity contribution in [1.29, 1.82) is 0 Å². The van der Waals surface area contributed by atoms with Gasteiger partial charge in [-0.1, -0.05) is 25.1 Å². The van der Waals surface area contributed by atoms with E-state index in [0.717, 1.165) is 34.0 Å². The van der Waals surface area contributed by atoms with Crippen LogP contribution in [0.5, 0.6) is 5.75 Å². The van der Waals surface area contributed by atoms with Gasteiger partial charge in [0.15, 0.2) is 0 Å². The molecule has 0 amide bonds. The largest absolute Gasteiger partial charge is 0.489 e. The van der Waals surface area contributed by atoms with Crippen molar-refractivity contribution in [3.05, 3.63) is 72.1 Å². The molecule has 5 heteroatoms. The fourth-order valence-electron chi connectivity index (χ4n) is 3.01. The average Bonchev–Trinajstić information content (AvgIpc) is 3.14. The molecule has 5 nitrogen and oxygen atoms in total. The highest BCUT2D eigenvalue weighted by atomic mass is 16.6. The molecule has 4 rings (SSSR count). The lowest BCUT2D eigenvalue weighted by molar-refractivity contribution is 0.0452. The minimum absolute atomic E-state index is 0.148. The Morgan fingerprint density at radius 2 is 1.96 bits per heavy atom. The molecule has 136 valence electrons. The summed E-state index contributed by atoms with van der Waals surface area (Å²) in [6.45, 7) is 2.48. The first-order chi connectivity index (χ1) is 13.3. The number of hydrogen-bond acceptors (Lipinski definition) is 5. The molecule has 0 unspecified atom stereocenters. The van der Waals surface area contributed by atoms with Crippen molar-refractivity contribution in [1.82, 2.24) is 4.98 Å². The van der Waals surface area contributed by atoms with Crippen molar-refractivity contribution >= 4 is 27.8 Å². The van der Waals surface area contributed by atoms with Crippen LogP contribution in [0.4, 0.5) is 0 Å². The van der Waals surface area contributed by atoms with Crippen LogP contribution in [0, 0.1) is 0 Å². The molecule has 27 heavy (non-hydrogen) atoms. The normalized spacial score (nSPS) is 11.0. The second-order valence-corrected chi connectivity index (χ2v) is 6.14. The van der Waals surface area contributed by atoms with Crippen molar-refractivity contribution < 1.29 is 18.7 Å². The molecule has 0 saturated heterocycles. The van der Waals surface area contributed by atoms with E-state index in [1.54, 1.807) is 12.3 Å². The van der Waals surface area contributed by atoms with Crippen LogP contribution in [-0.4, -0.2) is 24.2 Å². The number of pyridine rings is 1. The Morgan fingerprint density at radius 1 is 1.07 bits per heavy atom. The summed E-state index contributed by atoms with van der Waals surface area (Å²) >= 11 is 0. The van der Waals surface area contributed by atoms with Gasteiger partial charge in [0.05, 0.1) is 5.52 Å². The average molecular weight is 361 g/mol. The molecule has 2 aromatic carbocycles. The lowest BCUT2D eigenvalue weighted by Gasteiger charge is -2.09. The minimum Gasteiger partial charge on any atom is -0.489 e. The van der Waals surface area contributed by atoms with Crippen LogP contribution in [0.2, 0.25) is 0 Å². The third-order valence-electron chi connectivity index (χ3n) is 4.45. The maximum atomic E-state index is 12.4. The highest BCUT2D eigenvalue weighted by Gasteiger charge is 2.15. The van der Waals surface area contributed by atoms with Crippen LogP contribution >= 0.6 is 0 Å². The van der Waals surface area contributed by atoms with E-state index in [1.165, 1.54) is 6.26 Å². The fourth-order valence-corrected chi connectivity index (χ4v) is 3.01. The zero-order valence-corrected chi connectivity index (χ0v) is 15.0. The molecule has 0 aliphatic carbocycles. The Bertz CT molecular complexity index is 1090. The Labute approximate surface area is 156 Å². The predicted octanol–water partition coefficient (Wildman–Crippen LogP) is 4.78. The van der Waals surface area contributed by atoms with Crippen LogP contribution < -0.4 is 4.74 Å². The van der Waals surface area contributed by atoms with Gasteiger partial charge in [0.1, 0.15) is 36.4 Å². The molecule has 0 bridgehead atoms.